The van der Waals surface area contributed by atoms with Crippen molar-refractivity contribution in [3.05, 3.63) is 0 Å². The van der Waals surface area contributed by atoms with Gasteiger partial charge in [0.05, 0.1) is 0 Å². The highest BCUT2D eigenvalue weighted by atomic mass is 14.9. The molecule has 0 amide bonds. The minimum absolute atomic E-state index is 0.484. The van der Waals surface area contributed by atoms with Crippen LogP contribution in [0.5, 0.6) is 0 Å². The van der Waals surface area contributed by atoms with Gasteiger partial charge in [-0.15, -0.1) is 0 Å². The summed E-state index contributed by atoms with van der Waals surface area (Å²) in [5.41, 5.74) is 5.60. The molecule has 0 aromatic carbocycles. The second kappa shape index (κ2) is 8.08. The van der Waals surface area contributed by atoms with E-state index in [0.29, 0.717) is 6.04 Å². The van der Waals surface area contributed by atoms with E-state index in [-0.39, 0.29) is 0 Å². The molecule has 1 saturated carbocycles. The summed E-state index contributed by atoms with van der Waals surface area (Å²) in [6, 6.07) is 0.484. The molecule has 3 N–H and O–H groups in total. The lowest BCUT2D eigenvalue weighted by Crippen LogP contribution is -2.37. The van der Waals surface area contributed by atoms with Crippen LogP contribution < -0.4 is 11.1 Å². The van der Waals surface area contributed by atoms with E-state index in [1.807, 2.05) is 0 Å². The number of nitrogens with two attached hydrogens (primary N) is 1. The average molecular weight is 226 g/mol. The molecular weight excluding hydrogens is 196 g/mol. The zero-order valence-corrected chi connectivity index (χ0v) is 11.2. The molecule has 0 spiro atoms. The summed E-state index contributed by atoms with van der Waals surface area (Å²) in [6.45, 7) is 6.40. The van der Waals surface area contributed by atoms with Crippen LogP contribution in [0.4, 0.5) is 0 Å². The first-order valence-corrected chi connectivity index (χ1v) is 7.19. The zero-order valence-electron chi connectivity index (χ0n) is 11.2. The molecule has 1 aliphatic carbocycles. The Morgan fingerprint density at radius 3 is 2.38 bits per heavy atom. The number of unbranched alkanes of at least 4 members (excludes halogenated alkanes) is 1. The molecule has 0 bridgehead atoms. The topological polar surface area (TPSA) is 38.0 Å². The molecule has 16 heavy (non-hydrogen) atoms. The van der Waals surface area contributed by atoms with Crippen molar-refractivity contribution in [3.63, 3.8) is 0 Å². The molecule has 1 aliphatic rings. The van der Waals surface area contributed by atoms with Crippen LogP contribution in [0.25, 0.3) is 0 Å². The molecule has 1 atom stereocenters. The average Bonchev–Trinajstić information content (AvgIpc) is 2.34. The van der Waals surface area contributed by atoms with Gasteiger partial charge >= 0.3 is 0 Å². The van der Waals surface area contributed by atoms with E-state index >= 15 is 0 Å². The van der Waals surface area contributed by atoms with Crippen molar-refractivity contribution < 1.29 is 0 Å². The second-order valence-corrected chi connectivity index (χ2v) is 5.57. The summed E-state index contributed by atoms with van der Waals surface area (Å²) in [7, 11) is 0. The number of hydrogen-bond acceptors (Lipinski definition) is 2. The van der Waals surface area contributed by atoms with Crippen LogP contribution in [0.3, 0.4) is 0 Å². The van der Waals surface area contributed by atoms with E-state index in [4.69, 9.17) is 5.73 Å². The highest BCUT2D eigenvalue weighted by Gasteiger charge is 2.20. The van der Waals surface area contributed by atoms with Crippen molar-refractivity contribution in [3.8, 4) is 0 Å². The van der Waals surface area contributed by atoms with Gasteiger partial charge in [0.2, 0.25) is 0 Å². The van der Waals surface area contributed by atoms with Crippen molar-refractivity contribution in [2.75, 3.05) is 13.1 Å². The summed E-state index contributed by atoms with van der Waals surface area (Å²) in [5.74, 6) is 1.94. The molecule has 2 heteroatoms. The smallest absolute Gasteiger partial charge is 0.0162 e. The van der Waals surface area contributed by atoms with Gasteiger partial charge in [-0.05, 0) is 38.1 Å². The van der Waals surface area contributed by atoms with Gasteiger partial charge in [-0.25, -0.2) is 0 Å². The first-order valence-electron chi connectivity index (χ1n) is 7.19. The molecule has 0 aromatic heterocycles. The van der Waals surface area contributed by atoms with Crippen LogP contribution >= 0.6 is 0 Å². The van der Waals surface area contributed by atoms with Gasteiger partial charge in [0.25, 0.3) is 0 Å². The van der Waals surface area contributed by atoms with Gasteiger partial charge in [-0.3, -0.25) is 0 Å². The van der Waals surface area contributed by atoms with Crippen molar-refractivity contribution >= 4 is 0 Å². The first kappa shape index (κ1) is 14.0. The highest BCUT2D eigenvalue weighted by Crippen LogP contribution is 2.31. The molecule has 0 radical (unpaired) electrons. The minimum atomic E-state index is 0.484. The maximum absolute atomic E-state index is 5.60. The molecule has 0 aliphatic heterocycles. The Morgan fingerprint density at radius 1 is 1.19 bits per heavy atom. The third kappa shape index (κ3) is 5.31. The maximum Gasteiger partial charge on any atom is 0.0162 e. The molecule has 0 aromatic rings. The van der Waals surface area contributed by atoms with Gasteiger partial charge in [-0.1, -0.05) is 39.0 Å². The summed E-state index contributed by atoms with van der Waals surface area (Å²) >= 11 is 0. The Kier molecular flexibility index (Phi) is 7.06. The fourth-order valence-electron chi connectivity index (χ4n) is 2.67. The van der Waals surface area contributed by atoms with E-state index in [0.717, 1.165) is 18.4 Å². The maximum atomic E-state index is 5.60. The lowest BCUT2D eigenvalue weighted by molar-refractivity contribution is 0.250. The molecule has 2 nitrogen and oxygen atoms in total. The largest absolute Gasteiger partial charge is 0.329 e. The van der Waals surface area contributed by atoms with Gasteiger partial charge in [-0.2, -0.15) is 0 Å². The molecule has 0 saturated heterocycles. The van der Waals surface area contributed by atoms with Gasteiger partial charge in [0.15, 0.2) is 0 Å². The summed E-state index contributed by atoms with van der Waals surface area (Å²) in [6.07, 6.45) is 10.0. The normalized spacial score (nSPS) is 27.9. The molecule has 96 valence electrons. The monoisotopic (exact) mass is 226 g/mol. The third-order valence-electron chi connectivity index (χ3n) is 4.04. The van der Waals surface area contributed by atoms with E-state index in [9.17, 15) is 0 Å². The van der Waals surface area contributed by atoms with Gasteiger partial charge in [0, 0.05) is 12.6 Å². The zero-order chi connectivity index (χ0) is 11.8. The molecule has 0 unspecified atom stereocenters. The van der Waals surface area contributed by atoms with Crippen molar-refractivity contribution in [2.24, 2.45) is 17.6 Å². The molecule has 1 rings (SSSR count). The first-order chi connectivity index (χ1) is 7.76. The van der Waals surface area contributed by atoms with Crippen LogP contribution in [0.15, 0.2) is 0 Å². The predicted octanol–water partition coefficient (Wildman–Crippen LogP) is 2.92. The molecule has 0 heterocycles. The van der Waals surface area contributed by atoms with E-state index < -0.39 is 0 Å². The highest BCUT2D eigenvalue weighted by molar-refractivity contribution is 4.75. The number of nitrogens with one attached hydrogen (secondary N) is 1. The quantitative estimate of drug-likeness (QED) is 0.700. The fraction of sp³-hybridized carbons (Fsp3) is 1.00. The Labute approximate surface area is 101 Å². The van der Waals surface area contributed by atoms with Crippen molar-refractivity contribution in [1.82, 2.24) is 5.32 Å². The minimum Gasteiger partial charge on any atom is -0.329 e. The SMILES string of the molecule is CCCCC1CCC(CN[C@H](C)CN)CC1. The van der Waals surface area contributed by atoms with E-state index in [1.165, 1.54) is 51.5 Å². The summed E-state index contributed by atoms with van der Waals surface area (Å²) in [4.78, 5) is 0. The summed E-state index contributed by atoms with van der Waals surface area (Å²) < 4.78 is 0. The van der Waals surface area contributed by atoms with Crippen LogP contribution in [0.1, 0.15) is 58.8 Å². The standard InChI is InChI=1S/C14H30N2/c1-3-4-5-13-6-8-14(9-7-13)11-16-12(2)10-15/h12-14,16H,3-11,15H2,1-2H3/t12-,13?,14?/m1/s1. The van der Waals surface area contributed by atoms with E-state index in [1.54, 1.807) is 0 Å². The van der Waals surface area contributed by atoms with Crippen LogP contribution in [-0.4, -0.2) is 19.1 Å². The number of rotatable bonds is 7. The lowest BCUT2D eigenvalue weighted by atomic mass is 9.80. The van der Waals surface area contributed by atoms with Crippen molar-refractivity contribution in [2.45, 2.75) is 64.8 Å². The lowest BCUT2D eigenvalue weighted by Gasteiger charge is -2.29. The van der Waals surface area contributed by atoms with Crippen molar-refractivity contribution in [1.29, 1.82) is 0 Å². The Hall–Kier alpha value is -0.0800. The molecule has 1 fully saturated rings. The van der Waals surface area contributed by atoms with Crippen LogP contribution in [-0.2, 0) is 0 Å². The Morgan fingerprint density at radius 2 is 1.81 bits per heavy atom. The number of hydrogen-bond donors (Lipinski definition) is 2. The van der Waals surface area contributed by atoms with Gasteiger partial charge < -0.3 is 11.1 Å². The Balaban J connectivity index is 2.07. The van der Waals surface area contributed by atoms with Crippen LogP contribution in [0.2, 0.25) is 0 Å². The second-order valence-electron chi connectivity index (χ2n) is 5.57. The predicted molar refractivity (Wildman–Crippen MR) is 71.5 cm³/mol. The molecular formula is C14H30N2. The fourth-order valence-corrected chi connectivity index (χ4v) is 2.67. The Bertz CT molecular complexity index is 162. The summed E-state index contributed by atoms with van der Waals surface area (Å²) in [5, 5.41) is 3.53. The third-order valence-corrected chi connectivity index (χ3v) is 4.04. The van der Waals surface area contributed by atoms with E-state index in [2.05, 4.69) is 19.2 Å². The van der Waals surface area contributed by atoms with Crippen LogP contribution in [0, 0.1) is 11.8 Å². The van der Waals surface area contributed by atoms with Gasteiger partial charge in [0.1, 0.15) is 0 Å².